The molecule has 0 aromatic heterocycles. The molecule has 2 aromatic carbocycles. The van der Waals surface area contributed by atoms with Gasteiger partial charge in [0.1, 0.15) is 40.3 Å². The molecule has 0 radical (unpaired) electrons. The Labute approximate surface area is 362 Å². The van der Waals surface area contributed by atoms with Crippen molar-refractivity contribution in [3.8, 4) is 5.75 Å². The van der Waals surface area contributed by atoms with Crippen molar-refractivity contribution in [3.63, 3.8) is 0 Å². The van der Waals surface area contributed by atoms with Gasteiger partial charge in [-0.1, -0.05) is 95.1 Å². The Morgan fingerprint density at radius 1 is 0.934 bits per heavy atom. The highest BCUT2D eigenvalue weighted by molar-refractivity contribution is 8.76. The van der Waals surface area contributed by atoms with Crippen LogP contribution in [-0.2, 0) is 17.8 Å². The van der Waals surface area contributed by atoms with Crippen LogP contribution in [0.1, 0.15) is 76.8 Å². The number of aliphatic hydroxyl groups excluding tert-OH is 5. The number of benzene rings is 2. The van der Waals surface area contributed by atoms with E-state index in [1.54, 1.807) is 30.4 Å². The summed E-state index contributed by atoms with van der Waals surface area (Å²) in [5, 5.41) is 77.6. The van der Waals surface area contributed by atoms with E-state index in [1.165, 1.54) is 27.7 Å². The van der Waals surface area contributed by atoms with Crippen LogP contribution in [0.2, 0.25) is 0 Å². The first-order valence-corrected chi connectivity index (χ1v) is 23.8. The maximum absolute atomic E-state index is 15.3. The number of aliphatic hydroxyl groups is 6. The van der Waals surface area contributed by atoms with Gasteiger partial charge >= 0.3 is 0 Å². The first-order valence-electron chi connectivity index (χ1n) is 21.3. The predicted octanol–water partition coefficient (Wildman–Crippen LogP) is 4.93. The molecule has 14 heteroatoms. The van der Waals surface area contributed by atoms with Crippen LogP contribution < -0.4 is 15.4 Å². The molecule has 9 atom stereocenters. The first-order chi connectivity index (χ1) is 29.4. The lowest BCUT2D eigenvalue weighted by molar-refractivity contribution is -0.355. The highest BCUT2D eigenvalue weighted by atomic mass is 33.1. The third kappa shape index (κ3) is 6.18. The fraction of sp³-hybridized carbons (Fsp3) is 0.489. The quantitative estimate of drug-likeness (QED) is 0.152. The number of nitrogens with one attached hydrogen (secondary N) is 2. The Bertz CT molecular complexity index is 2320. The summed E-state index contributed by atoms with van der Waals surface area (Å²) >= 11 is 0. The number of allylic oxidation sites excluding steroid dienone is 6. The third-order valence-corrected chi connectivity index (χ3v) is 17.4. The average Bonchev–Trinajstić information content (AvgIpc) is 3.90. The number of hydrogen-bond donors (Lipinski definition) is 8. The van der Waals surface area contributed by atoms with Gasteiger partial charge < -0.3 is 50.7 Å². The molecule has 8 N–H and O–H groups in total. The van der Waals surface area contributed by atoms with Gasteiger partial charge in [-0.25, -0.2) is 0 Å². The van der Waals surface area contributed by atoms with Crippen LogP contribution in [0.25, 0.3) is 0 Å². The summed E-state index contributed by atoms with van der Waals surface area (Å²) in [5.41, 5.74) is -3.32. The van der Waals surface area contributed by atoms with Gasteiger partial charge in [0, 0.05) is 29.2 Å². The molecule has 322 valence electrons. The number of ether oxygens (including phenoxy) is 2. The lowest BCUT2D eigenvalue weighted by atomic mass is 9.53. The van der Waals surface area contributed by atoms with Crippen LogP contribution in [0.4, 0.5) is 0 Å². The summed E-state index contributed by atoms with van der Waals surface area (Å²) in [6, 6.07) is 12.0. The van der Waals surface area contributed by atoms with E-state index in [4.69, 9.17) is 9.47 Å². The number of hydrogen-bond acceptors (Lipinski definition) is 14. The molecule has 7 bridgehead atoms. The van der Waals surface area contributed by atoms with Crippen molar-refractivity contribution in [1.29, 1.82) is 0 Å². The summed E-state index contributed by atoms with van der Waals surface area (Å²) in [7, 11) is 2.83. The number of rotatable bonds is 4. The largest absolute Gasteiger partial charge is 0.511 e. The van der Waals surface area contributed by atoms with Gasteiger partial charge in [-0.05, 0) is 84.4 Å². The molecule has 3 fully saturated rings. The van der Waals surface area contributed by atoms with Crippen LogP contribution in [0.15, 0.2) is 102 Å². The predicted molar refractivity (Wildman–Crippen MR) is 230 cm³/mol. The number of carbonyl (C=O) groups excluding carboxylic acids is 2. The highest BCUT2D eigenvalue weighted by Gasteiger charge is 2.71. The van der Waals surface area contributed by atoms with Crippen LogP contribution >= 0.6 is 21.6 Å². The van der Waals surface area contributed by atoms with E-state index >= 15 is 4.79 Å². The molecule has 9 unspecified atom stereocenters. The standard InChI is InChI=1S/C47H52N2O10S2/c50-22-28-6-3-5-27(17-28)18-29-19-32-38(53)31-7-4-8-33-37(31)39(54)46(32,35(52)20-29)25-60-61-26-49-36-21-30(10-16-48-36)44(15-14-43(23-44)11-1-2-12-43)34-9-13-45(24-51)42(56)47(34,57)40(55)41(58-33)59-45/h3-10,13,17,19-21,32,34,40-42,48-52,55-57H,1-2,11-12,14-16,18,22-26H2. The highest BCUT2D eigenvalue weighted by Crippen LogP contribution is 2.67. The zero-order valence-electron chi connectivity index (χ0n) is 33.7. The van der Waals surface area contributed by atoms with E-state index < -0.39 is 70.5 Å². The molecular weight excluding hydrogens is 817 g/mol. The number of dihydropyridines is 1. The van der Waals surface area contributed by atoms with Crippen LogP contribution in [0, 0.1) is 28.1 Å². The van der Waals surface area contributed by atoms with Gasteiger partial charge in [0.2, 0.25) is 6.29 Å². The molecule has 3 aliphatic heterocycles. The molecule has 61 heavy (non-hydrogen) atoms. The molecule has 0 amide bonds. The third-order valence-electron chi connectivity index (χ3n) is 15.2. The van der Waals surface area contributed by atoms with Gasteiger partial charge in [-0.3, -0.25) is 9.59 Å². The van der Waals surface area contributed by atoms with E-state index in [9.17, 15) is 35.4 Å². The van der Waals surface area contributed by atoms with Gasteiger partial charge in [0.15, 0.2) is 11.6 Å². The number of Topliss-reactive ketones (excluding diaryl/α,β-unsaturated/α-hetero) is 2. The van der Waals surface area contributed by atoms with Gasteiger partial charge in [0.05, 0.1) is 36.4 Å². The minimum Gasteiger partial charge on any atom is -0.511 e. The summed E-state index contributed by atoms with van der Waals surface area (Å²) in [6.07, 6.45) is 12.7. The first kappa shape index (κ1) is 41.2. The van der Waals surface area contributed by atoms with Crippen LogP contribution in [-0.4, -0.2) is 96.7 Å². The Kier molecular flexibility index (Phi) is 10.2. The second-order valence-corrected chi connectivity index (χ2v) is 20.8. The Morgan fingerprint density at radius 2 is 1.74 bits per heavy atom. The van der Waals surface area contributed by atoms with Crippen LogP contribution in [0.3, 0.4) is 0 Å². The van der Waals surface area contributed by atoms with Crippen molar-refractivity contribution >= 4 is 33.2 Å². The van der Waals surface area contributed by atoms with E-state index in [0.29, 0.717) is 30.8 Å². The van der Waals surface area contributed by atoms with Crippen molar-refractivity contribution in [3.05, 3.63) is 124 Å². The molecular formula is C47H52N2O10S2. The topological polar surface area (TPSA) is 198 Å². The lowest BCUT2D eigenvalue weighted by Gasteiger charge is -2.60. The zero-order chi connectivity index (χ0) is 42.4. The summed E-state index contributed by atoms with van der Waals surface area (Å²) in [6.45, 7) is -0.370. The summed E-state index contributed by atoms with van der Waals surface area (Å²) in [5.74, 6) is -1.99. The van der Waals surface area contributed by atoms with E-state index in [-0.39, 0.29) is 40.4 Å². The molecule has 2 aromatic rings. The minimum atomic E-state index is -2.29. The number of ketones is 2. The normalized spacial score (nSPS) is 37.4. The fourth-order valence-electron chi connectivity index (χ4n) is 12.2. The number of carbonyl (C=O) groups is 2. The Hall–Kier alpha value is -3.86. The van der Waals surface area contributed by atoms with E-state index in [0.717, 1.165) is 61.0 Å². The van der Waals surface area contributed by atoms with Crippen molar-refractivity contribution in [2.75, 3.05) is 24.8 Å². The van der Waals surface area contributed by atoms with Crippen LogP contribution in [0.5, 0.6) is 5.75 Å². The zero-order valence-corrected chi connectivity index (χ0v) is 35.4. The lowest BCUT2D eigenvalue weighted by Crippen LogP contribution is -2.78. The molecule has 3 heterocycles. The van der Waals surface area contributed by atoms with Crippen molar-refractivity contribution in [2.45, 2.75) is 87.7 Å². The van der Waals surface area contributed by atoms with Crippen molar-refractivity contribution in [2.24, 2.45) is 28.1 Å². The maximum Gasteiger partial charge on any atom is 0.230 e. The fourth-order valence-corrected chi connectivity index (χ4v) is 14.4. The summed E-state index contributed by atoms with van der Waals surface area (Å²) < 4.78 is 12.8. The molecule has 8 aliphatic rings. The monoisotopic (exact) mass is 868 g/mol. The second-order valence-electron chi connectivity index (χ2n) is 18.4. The SMILES string of the molecule is O=C1c2cccc3c2C(=O)C2(CSSCNC4=CC(=CCN4)C4(CCC5(CCCC5)C4)C4C=CC5(CO)OC(O3)C(O)C4(O)C5O)C(O)=CC(Cc3cccc(CO)c3)=CC12. The van der Waals surface area contributed by atoms with E-state index in [1.807, 2.05) is 30.3 Å². The average molecular weight is 869 g/mol. The Morgan fingerprint density at radius 3 is 2.54 bits per heavy atom. The molecule has 12 nitrogen and oxygen atoms in total. The van der Waals surface area contributed by atoms with Gasteiger partial charge in [0.25, 0.3) is 0 Å². The molecule has 3 spiro atoms. The summed E-state index contributed by atoms with van der Waals surface area (Å²) in [4.78, 5) is 30.1. The Balaban J connectivity index is 1.10. The smallest absolute Gasteiger partial charge is 0.230 e. The van der Waals surface area contributed by atoms with E-state index in [2.05, 4.69) is 22.8 Å². The number of fused-ring (bicyclic) bond motifs is 5. The maximum atomic E-state index is 15.3. The minimum absolute atomic E-state index is 0.0336. The van der Waals surface area contributed by atoms with Gasteiger partial charge in [-0.2, -0.15) is 0 Å². The van der Waals surface area contributed by atoms with Crippen molar-refractivity contribution < 1.29 is 49.7 Å². The van der Waals surface area contributed by atoms with Gasteiger partial charge in [-0.15, -0.1) is 0 Å². The molecule has 2 saturated carbocycles. The molecule has 1 saturated heterocycles. The molecule has 10 rings (SSSR count). The molecule has 5 aliphatic carbocycles. The van der Waals surface area contributed by atoms with Crippen molar-refractivity contribution in [1.82, 2.24) is 10.6 Å². The second kappa shape index (κ2) is 15.2.